The topological polar surface area (TPSA) is 59.4 Å². The minimum absolute atomic E-state index is 0.00431. The lowest BCUT2D eigenvalue weighted by atomic mass is 10.0. The maximum Gasteiger partial charge on any atom is 0.236 e. The van der Waals surface area contributed by atoms with Crippen molar-refractivity contribution in [2.75, 3.05) is 26.7 Å². The number of nitrogens with zero attached hydrogens (tertiary/aromatic N) is 3. The first-order valence-corrected chi connectivity index (χ1v) is 8.72. The maximum atomic E-state index is 12.3. The Morgan fingerprint density at radius 1 is 1.40 bits per heavy atom. The normalized spacial score (nSPS) is 19.9. The summed E-state index contributed by atoms with van der Waals surface area (Å²) in [4.78, 5) is 18.5. The minimum atomic E-state index is 0.00431. The van der Waals surface area contributed by atoms with Crippen molar-refractivity contribution in [1.82, 2.24) is 19.8 Å². The van der Waals surface area contributed by atoms with E-state index in [4.69, 9.17) is 4.74 Å². The van der Waals surface area contributed by atoms with E-state index in [2.05, 4.69) is 10.3 Å². The Balaban J connectivity index is 1.45. The van der Waals surface area contributed by atoms with Gasteiger partial charge in [-0.2, -0.15) is 0 Å². The molecule has 6 heteroatoms. The Morgan fingerprint density at radius 3 is 2.92 bits per heavy atom. The number of aryl methyl sites for hydroxylation is 1. The number of carbonyl (C=O) groups excluding carboxylic acids is 1. The van der Waals surface area contributed by atoms with E-state index in [0.717, 1.165) is 31.0 Å². The highest BCUT2D eigenvalue weighted by Crippen LogP contribution is 2.32. The summed E-state index contributed by atoms with van der Waals surface area (Å²) in [6.45, 7) is 2.46. The van der Waals surface area contributed by atoms with E-state index in [-0.39, 0.29) is 12.0 Å². The van der Waals surface area contributed by atoms with E-state index in [9.17, 15) is 4.79 Å². The molecule has 2 heterocycles. The Morgan fingerprint density at radius 2 is 2.20 bits per heavy atom. The van der Waals surface area contributed by atoms with Gasteiger partial charge in [0.15, 0.2) is 0 Å². The van der Waals surface area contributed by atoms with E-state index in [1.807, 2.05) is 55.2 Å². The first-order valence-electron chi connectivity index (χ1n) is 8.72. The largest absolute Gasteiger partial charge is 0.370 e. The number of carbonyl (C=O) groups is 1. The number of aromatic nitrogens is 2. The first kappa shape index (κ1) is 17.6. The number of nitrogens with one attached hydrogen (secondary N) is 1. The molecule has 1 aliphatic rings. The fraction of sp³-hybridized carbons (Fsp3) is 0.474. The molecule has 3 rings (SSSR count). The van der Waals surface area contributed by atoms with Crippen LogP contribution in [0.1, 0.15) is 23.9 Å². The van der Waals surface area contributed by atoms with Gasteiger partial charge in [-0.15, -0.1) is 0 Å². The molecule has 1 fully saturated rings. The Kier molecular flexibility index (Phi) is 5.83. The molecule has 0 spiro atoms. The molecule has 0 aliphatic carbocycles. The number of amides is 1. The number of ether oxygens (including phenoxy) is 1. The first-order chi connectivity index (χ1) is 12.1. The van der Waals surface area contributed by atoms with Crippen LogP contribution in [0.3, 0.4) is 0 Å². The Labute approximate surface area is 148 Å². The Bertz CT molecular complexity index is 686. The van der Waals surface area contributed by atoms with Crippen LogP contribution >= 0.6 is 0 Å². The third kappa shape index (κ3) is 4.46. The van der Waals surface area contributed by atoms with Crippen LogP contribution in [0.15, 0.2) is 42.7 Å². The molecule has 6 nitrogen and oxygen atoms in total. The zero-order chi connectivity index (χ0) is 17.6. The minimum Gasteiger partial charge on any atom is -0.370 e. The van der Waals surface area contributed by atoms with E-state index in [1.165, 1.54) is 0 Å². The van der Waals surface area contributed by atoms with Crippen LogP contribution in [0.25, 0.3) is 0 Å². The average molecular weight is 342 g/mol. The highest BCUT2D eigenvalue weighted by Gasteiger charge is 2.32. The van der Waals surface area contributed by atoms with E-state index in [1.54, 1.807) is 11.1 Å². The lowest BCUT2D eigenvalue weighted by Gasteiger charge is -2.21. The quantitative estimate of drug-likeness (QED) is 0.833. The van der Waals surface area contributed by atoms with Crippen LogP contribution in [0.5, 0.6) is 0 Å². The number of likely N-dealkylation sites (N-methyl/N-ethyl adjacent to an activating group) is 1. The molecule has 1 saturated heterocycles. The van der Waals surface area contributed by atoms with E-state index >= 15 is 0 Å². The molecular formula is C19H26N4O2. The molecule has 2 atom stereocenters. The van der Waals surface area contributed by atoms with Gasteiger partial charge < -0.3 is 19.5 Å². The van der Waals surface area contributed by atoms with Crippen LogP contribution in [-0.4, -0.2) is 47.1 Å². The smallest absolute Gasteiger partial charge is 0.236 e. The van der Waals surface area contributed by atoms with Crippen molar-refractivity contribution in [3.8, 4) is 0 Å². The molecule has 0 bridgehead atoms. The predicted octanol–water partition coefficient (Wildman–Crippen LogP) is 1.75. The van der Waals surface area contributed by atoms with E-state index in [0.29, 0.717) is 19.0 Å². The average Bonchev–Trinajstić information content (AvgIpc) is 3.24. The summed E-state index contributed by atoms with van der Waals surface area (Å²) in [5.74, 6) is 1.39. The van der Waals surface area contributed by atoms with Crippen molar-refractivity contribution in [1.29, 1.82) is 0 Å². The molecule has 0 unspecified atom stereocenters. The molecule has 1 aromatic carbocycles. The van der Waals surface area contributed by atoms with Crippen LogP contribution in [0.4, 0.5) is 0 Å². The Hall–Kier alpha value is -2.18. The molecule has 1 aliphatic heterocycles. The number of hydrogen-bond acceptors (Lipinski definition) is 4. The van der Waals surface area contributed by atoms with Crippen molar-refractivity contribution < 1.29 is 9.53 Å². The van der Waals surface area contributed by atoms with Crippen molar-refractivity contribution in [2.24, 2.45) is 13.0 Å². The molecular weight excluding hydrogens is 316 g/mol. The zero-order valence-corrected chi connectivity index (χ0v) is 14.9. The number of hydrogen-bond donors (Lipinski definition) is 1. The van der Waals surface area contributed by atoms with Crippen molar-refractivity contribution in [2.45, 2.75) is 19.1 Å². The number of rotatable bonds is 7. The second kappa shape index (κ2) is 8.27. The summed E-state index contributed by atoms with van der Waals surface area (Å²) in [6, 6.07) is 10.0. The number of benzene rings is 1. The number of imidazole rings is 1. The van der Waals surface area contributed by atoms with Gasteiger partial charge in [-0.3, -0.25) is 4.79 Å². The molecule has 134 valence electrons. The van der Waals surface area contributed by atoms with Crippen molar-refractivity contribution >= 4 is 5.91 Å². The van der Waals surface area contributed by atoms with Gasteiger partial charge >= 0.3 is 0 Å². The molecule has 25 heavy (non-hydrogen) atoms. The molecule has 2 aromatic rings. The van der Waals surface area contributed by atoms with Gasteiger partial charge in [-0.25, -0.2) is 4.98 Å². The van der Waals surface area contributed by atoms with Crippen molar-refractivity contribution in [3.63, 3.8) is 0 Å². The maximum absolute atomic E-state index is 12.3. The molecule has 0 radical (unpaired) electrons. The highest BCUT2D eigenvalue weighted by atomic mass is 16.5. The van der Waals surface area contributed by atoms with Gasteiger partial charge in [0.1, 0.15) is 11.9 Å². The SMILES string of the molecule is CN(Cc1ccccc1)C(=O)CNC[C@@H]1CCO[C@H]1c1nccn1C. The van der Waals surface area contributed by atoms with Crippen LogP contribution in [-0.2, 0) is 23.1 Å². The van der Waals surface area contributed by atoms with Gasteiger partial charge in [0.2, 0.25) is 5.91 Å². The summed E-state index contributed by atoms with van der Waals surface area (Å²) in [5.41, 5.74) is 1.14. The van der Waals surface area contributed by atoms with Crippen LogP contribution < -0.4 is 5.32 Å². The van der Waals surface area contributed by atoms with Gasteiger partial charge in [0.05, 0.1) is 6.54 Å². The summed E-state index contributed by atoms with van der Waals surface area (Å²) >= 11 is 0. The monoisotopic (exact) mass is 342 g/mol. The molecule has 1 amide bonds. The fourth-order valence-corrected chi connectivity index (χ4v) is 3.22. The molecule has 1 N–H and O–H groups in total. The predicted molar refractivity (Wildman–Crippen MR) is 95.8 cm³/mol. The summed E-state index contributed by atoms with van der Waals surface area (Å²) < 4.78 is 7.86. The fourth-order valence-electron chi connectivity index (χ4n) is 3.22. The molecule has 1 aromatic heterocycles. The van der Waals surface area contributed by atoms with Gasteiger partial charge in [0.25, 0.3) is 0 Å². The van der Waals surface area contributed by atoms with Gasteiger partial charge in [-0.1, -0.05) is 30.3 Å². The summed E-state index contributed by atoms with van der Waals surface area (Å²) in [7, 11) is 3.82. The van der Waals surface area contributed by atoms with Crippen LogP contribution in [0, 0.1) is 5.92 Å². The van der Waals surface area contributed by atoms with Crippen LogP contribution in [0.2, 0.25) is 0 Å². The zero-order valence-electron chi connectivity index (χ0n) is 14.9. The highest BCUT2D eigenvalue weighted by molar-refractivity contribution is 5.77. The molecule has 0 saturated carbocycles. The van der Waals surface area contributed by atoms with Gasteiger partial charge in [0, 0.05) is 52.1 Å². The summed E-state index contributed by atoms with van der Waals surface area (Å²) in [6.07, 6.45) is 4.72. The summed E-state index contributed by atoms with van der Waals surface area (Å²) in [5, 5.41) is 3.30. The van der Waals surface area contributed by atoms with Gasteiger partial charge in [-0.05, 0) is 12.0 Å². The van der Waals surface area contributed by atoms with E-state index < -0.39 is 0 Å². The second-order valence-corrected chi connectivity index (χ2v) is 6.60. The lowest BCUT2D eigenvalue weighted by Crippen LogP contribution is -2.37. The second-order valence-electron chi connectivity index (χ2n) is 6.60. The third-order valence-corrected chi connectivity index (χ3v) is 4.70. The standard InChI is InChI=1S/C19H26N4O2/c1-22-10-9-21-19(22)18-16(8-11-25-18)12-20-13-17(24)23(2)14-15-6-4-3-5-7-15/h3-7,9-10,16,18,20H,8,11-14H2,1-2H3/t16-,18+/m0/s1. The van der Waals surface area contributed by atoms with Crippen molar-refractivity contribution in [3.05, 3.63) is 54.1 Å². The third-order valence-electron chi connectivity index (χ3n) is 4.70. The lowest BCUT2D eigenvalue weighted by molar-refractivity contribution is -0.129.